The van der Waals surface area contributed by atoms with E-state index < -0.39 is 17.7 Å². The van der Waals surface area contributed by atoms with Crippen LogP contribution < -0.4 is 21.1 Å². The molecule has 1 aromatic carbocycles. The van der Waals surface area contributed by atoms with Crippen molar-refractivity contribution < 1.29 is 23.5 Å². The standard InChI is InChI=1S/C21H21N5O5S/c1-13-17(32-21(22-13)26-7-10-30-11-8-26)20(29)25-24-18(27)14-4-2-5-15(12-14)23-19(28)16-6-3-9-31-16/h2-6,9,12H,7-8,10-11H2,1H3,(H,23,28)(H,24,27)(H,25,29). The zero-order valence-electron chi connectivity index (χ0n) is 17.2. The van der Waals surface area contributed by atoms with Gasteiger partial charge in [-0.3, -0.25) is 25.2 Å². The van der Waals surface area contributed by atoms with Crippen molar-refractivity contribution in [3.8, 4) is 0 Å². The Kier molecular flexibility index (Phi) is 6.47. The van der Waals surface area contributed by atoms with Crippen molar-refractivity contribution in [1.82, 2.24) is 15.8 Å². The number of aryl methyl sites for hydroxylation is 1. The minimum absolute atomic E-state index is 0.156. The average Bonchev–Trinajstić information content (AvgIpc) is 3.48. The van der Waals surface area contributed by atoms with Gasteiger partial charge in [-0.1, -0.05) is 17.4 Å². The number of furan rings is 1. The number of rotatable bonds is 5. The maximum Gasteiger partial charge on any atom is 0.291 e. The maximum absolute atomic E-state index is 12.6. The Morgan fingerprint density at radius 2 is 1.81 bits per heavy atom. The summed E-state index contributed by atoms with van der Waals surface area (Å²) in [6, 6.07) is 9.47. The molecule has 3 amide bonds. The second-order valence-corrected chi connectivity index (χ2v) is 7.91. The van der Waals surface area contributed by atoms with Crippen LogP contribution in [0.1, 0.15) is 36.3 Å². The highest BCUT2D eigenvalue weighted by molar-refractivity contribution is 7.17. The van der Waals surface area contributed by atoms with E-state index in [1.54, 1.807) is 31.2 Å². The van der Waals surface area contributed by atoms with E-state index in [2.05, 4.69) is 26.1 Å². The van der Waals surface area contributed by atoms with Crippen LogP contribution in [-0.4, -0.2) is 49.0 Å². The van der Waals surface area contributed by atoms with Gasteiger partial charge in [0.1, 0.15) is 4.88 Å². The van der Waals surface area contributed by atoms with Gasteiger partial charge in [-0.05, 0) is 37.3 Å². The molecule has 1 saturated heterocycles. The quantitative estimate of drug-likeness (QED) is 0.504. The lowest BCUT2D eigenvalue weighted by Crippen LogP contribution is -2.41. The number of thiazole rings is 1. The van der Waals surface area contributed by atoms with E-state index in [0.29, 0.717) is 29.5 Å². The molecule has 0 radical (unpaired) electrons. The summed E-state index contributed by atoms with van der Waals surface area (Å²) in [5.74, 6) is -1.25. The van der Waals surface area contributed by atoms with Gasteiger partial charge in [0.05, 0.1) is 25.2 Å². The van der Waals surface area contributed by atoms with Crippen LogP contribution in [-0.2, 0) is 4.74 Å². The molecule has 0 aliphatic carbocycles. The first-order valence-corrected chi connectivity index (χ1v) is 10.7. The topological polar surface area (TPSA) is 126 Å². The predicted molar refractivity (Wildman–Crippen MR) is 118 cm³/mol. The van der Waals surface area contributed by atoms with E-state index >= 15 is 0 Å². The lowest BCUT2D eigenvalue weighted by Gasteiger charge is -2.25. The molecule has 0 atom stereocenters. The van der Waals surface area contributed by atoms with Crippen molar-refractivity contribution in [1.29, 1.82) is 0 Å². The van der Waals surface area contributed by atoms with E-state index in [9.17, 15) is 14.4 Å². The highest BCUT2D eigenvalue weighted by Crippen LogP contribution is 2.26. The minimum atomic E-state index is -0.525. The van der Waals surface area contributed by atoms with Crippen LogP contribution in [0.4, 0.5) is 10.8 Å². The lowest BCUT2D eigenvalue weighted by molar-refractivity contribution is 0.0848. The van der Waals surface area contributed by atoms with Crippen LogP contribution in [0.25, 0.3) is 0 Å². The van der Waals surface area contributed by atoms with Crippen LogP contribution in [0, 0.1) is 6.92 Å². The number of nitrogens with zero attached hydrogens (tertiary/aromatic N) is 2. The first kappa shape index (κ1) is 21.5. The van der Waals surface area contributed by atoms with E-state index in [-0.39, 0.29) is 11.3 Å². The van der Waals surface area contributed by atoms with Gasteiger partial charge in [-0.25, -0.2) is 4.98 Å². The number of hydrogen-bond donors (Lipinski definition) is 3. The van der Waals surface area contributed by atoms with Crippen molar-refractivity contribution in [3.05, 3.63) is 64.6 Å². The normalized spacial score (nSPS) is 13.5. The SMILES string of the molecule is Cc1nc(N2CCOCC2)sc1C(=O)NNC(=O)c1cccc(NC(=O)c2ccco2)c1. The van der Waals surface area contributed by atoms with Crippen molar-refractivity contribution in [2.24, 2.45) is 0 Å². The molecule has 0 bridgehead atoms. The highest BCUT2D eigenvalue weighted by Gasteiger charge is 2.21. The fourth-order valence-electron chi connectivity index (χ4n) is 3.06. The summed E-state index contributed by atoms with van der Waals surface area (Å²) in [6.07, 6.45) is 1.40. The third kappa shape index (κ3) is 4.95. The van der Waals surface area contributed by atoms with Crippen LogP contribution >= 0.6 is 11.3 Å². The number of carbonyl (C=O) groups is 3. The summed E-state index contributed by atoms with van der Waals surface area (Å²) in [7, 11) is 0. The highest BCUT2D eigenvalue weighted by atomic mass is 32.1. The Labute approximate surface area is 187 Å². The van der Waals surface area contributed by atoms with Crippen molar-refractivity contribution in [2.45, 2.75) is 6.92 Å². The maximum atomic E-state index is 12.6. The second-order valence-electron chi connectivity index (χ2n) is 6.93. The summed E-state index contributed by atoms with van der Waals surface area (Å²) in [6.45, 7) is 4.44. The summed E-state index contributed by atoms with van der Waals surface area (Å²) < 4.78 is 10.4. The van der Waals surface area contributed by atoms with Gasteiger partial charge in [0.25, 0.3) is 17.7 Å². The van der Waals surface area contributed by atoms with Gasteiger partial charge in [0.15, 0.2) is 10.9 Å². The fourth-order valence-corrected chi connectivity index (χ4v) is 4.08. The van der Waals surface area contributed by atoms with Crippen molar-refractivity contribution >= 4 is 39.9 Å². The molecule has 1 aliphatic rings. The smallest absolute Gasteiger partial charge is 0.291 e. The van der Waals surface area contributed by atoms with Gasteiger partial charge in [0, 0.05) is 24.3 Å². The largest absolute Gasteiger partial charge is 0.459 e. The average molecular weight is 455 g/mol. The fraction of sp³-hybridized carbons (Fsp3) is 0.238. The number of ether oxygens (including phenoxy) is 1. The van der Waals surface area contributed by atoms with Crippen LogP contribution in [0.15, 0.2) is 47.1 Å². The second kappa shape index (κ2) is 9.62. The molecule has 3 aromatic rings. The Morgan fingerprint density at radius 3 is 2.56 bits per heavy atom. The van der Waals surface area contributed by atoms with E-state index in [1.165, 1.54) is 29.7 Å². The molecule has 1 aliphatic heterocycles. The molecule has 0 saturated carbocycles. The van der Waals surface area contributed by atoms with Gasteiger partial charge >= 0.3 is 0 Å². The lowest BCUT2D eigenvalue weighted by atomic mass is 10.2. The summed E-state index contributed by atoms with van der Waals surface area (Å²) in [5, 5.41) is 3.40. The molecule has 2 aromatic heterocycles. The molecular weight excluding hydrogens is 434 g/mol. The monoisotopic (exact) mass is 455 g/mol. The number of benzene rings is 1. The van der Waals surface area contributed by atoms with Gasteiger partial charge in [-0.2, -0.15) is 0 Å². The Bertz CT molecular complexity index is 1120. The summed E-state index contributed by atoms with van der Waals surface area (Å²) >= 11 is 1.27. The Hall–Kier alpha value is -3.70. The van der Waals surface area contributed by atoms with Gasteiger partial charge in [0.2, 0.25) is 0 Å². The molecule has 0 unspecified atom stereocenters. The molecule has 1 fully saturated rings. The van der Waals surface area contributed by atoms with Crippen LogP contribution in [0.3, 0.4) is 0 Å². The first-order chi connectivity index (χ1) is 15.5. The number of aromatic nitrogens is 1. The molecule has 166 valence electrons. The van der Waals surface area contributed by atoms with Crippen LogP contribution in [0.2, 0.25) is 0 Å². The number of amides is 3. The first-order valence-electron chi connectivity index (χ1n) is 9.87. The summed E-state index contributed by atoms with van der Waals surface area (Å²) in [5.41, 5.74) is 6.09. The van der Waals surface area contributed by atoms with E-state index in [4.69, 9.17) is 9.15 Å². The number of nitrogens with one attached hydrogen (secondary N) is 3. The molecule has 3 heterocycles. The molecule has 4 rings (SSSR count). The van der Waals surface area contributed by atoms with Crippen LogP contribution in [0.5, 0.6) is 0 Å². The zero-order chi connectivity index (χ0) is 22.5. The molecular formula is C21H21N5O5S. The van der Waals surface area contributed by atoms with Crippen molar-refractivity contribution in [2.75, 3.05) is 36.5 Å². The Balaban J connectivity index is 1.36. The number of hydrazine groups is 1. The molecule has 10 nitrogen and oxygen atoms in total. The zero-order valence-corrected chi connectivity index (χ0v) is 18.0. The molecule has 0 spiro atoms. The van der Waals surface area contributed by atoms with E-state index in [1.807, 2.05) is 0 Å². The Morgan fingerprint density at radius 1 is 1.03 bits per heavy atom. The van der Waals surface area contributed by atoms with Crippen molar-refractivity contribution in [3.63, 3.8) is 0 Å². The molecule has 32 heavy (non-hydrogen) atoms. The van der Waals surface area contributed by atoms with E-state index in [0.717, 1.165) is 18.2 Å². The molecule has 3 N–H and O–H groups in total. The molecule has 11 heteroatoms. The third-order valence-corrected chi connectivity index (χ3v) is 5.91. The third-order valence-electron chi connectivity index (χ3n) is 4.69. The predicted octanol–water partition coefficient (Wildman–Crippen LogP) is 2.21. The number of carbonyl (C=O) groups excluding carboxylic acids is 3. The summed E-state index contributed by atoms with van der Waals surface area (Å²) in [4.78, 5) is 44.1. The van der Waals surface area contributed by atoms with Gasteiger partial charge in [-0.15, -0.1) is 0 Å². The number of hydrogen-bond acceptors (Lipinski definition) is 8. The number of anilines is 2. The minimum Gasteiger partial charge on any atom is -0.459 e. The van der Waals surface area contributed by atoms with Gasteiger partial charge < -0.3 is 19.4 Å². The number of morpholine rings is 1.